The first-order valence-corrected chi connectivity index (χ1v) is 9.20. The maximum absolute atomic E-state index is 11.7. The zero-order valence-electron chi connectivity index (χ0n) is 12.6. The molecular weight excluding hydrogens is 260 g/mol. The third-order valence-electron chi connectivity index (χ3n) is 3.03. The molecule has 1 unspecified atom stereocenters. The first kappa shape index (κ1) is 18.6. The number of carbonyl (C=O) groups excluding carboxylic acids is 1. The van der Waals surface area contributed by atoms with Crippen LogP contribution in [0.1, 0.15) is 71.6 Å². The van der Waals surface area contributed by atoms with E-state index in [1.165, 1.54) is 32.1 Å². The van der Waals surface area contributed by atoms with E-state index < -0.39 is 10.8 Å². The summed E-state index contributed by atoms with van der Waals surface area (Å²) in [4.78, 5) is 11.1. The second kappa shape index (κ2) is 14.0. The third-order valence-corrected chi connectivity index (χ3v) is 4.52. The molecule has 0 amide bonds. The molecule has 0 aromatic rings. The van der Waals surface area contributed by atoms with Crippen LogP contribution in [0.4, 0.5) is 0 Å². The minimum Gasteiger partial charge on any atom is -0.466 e. The average molecular weight is 290 g/mol. The Morgan fingerprint density at radius 2 is 1.47 bits per heavy atom. The summed E-state index contributed by atoms with van der Waals surface area (Å²) < 4.78 is 16.5. The summed E-state index contributed by atoms with van der Waals surface area (Å²) in [6.45, 7) is 4.47. The van der Waals surface area contributed by atoms with E-state index in [0.29, 0.717) is 13.0 Å². The van der Waals surface area contributed by atoms with Gasteiger partial charge in [0.25, 0.3) is 0 Å². The summed E-state index contributed by atoms with van der Waals surface area (Å²) in [5, 5.41) is 0. The largest absolute Gasteiger partial charge is 0.466 e. The first-order valence-electron chi connectivity index (χ1n) is 7.71. The van der Waals surface area contributed by atoms with Gasteiger partial charge in [-0.1, -0.05) is 39.0 Å². The molecule has 0 fully saturated rings. The Morgan fingerprint density at radius 3 is 2.11 bits per heavy atom. The van der Waals surface area contributed by atoms with Crippen LogP contribution < -0.4 is 0 Å². The van der Waals surface area contributed by atoms with Gasteiger partial charge in [0.1, 0.15) is 0 Å². The Labute approximate surface area is 120 Å². The zero-order valence-corrected chi connectivity index (χ0v) is 13.4. The maximum Gasteiger partial charge on any atom is 0.305 e. The Morgan fingerprint density at radius 1 is 0.895 bits per heavy atom. The van der Waals surface area contributed by atoms with Crippen molar-refractivity contribution in [3.63, 3.8) is 0 Å². The lowest BCUT2D eigenvalue weighted by molar-refractivity contribution is -0.143. The van der Waals surface area contributed by atoms with Crippen LogP contribution in [-0.2, 0) is 20.3 Å². The molecule has 0 heterocycles. The van der Waals surface area contributed by atoms with Crippen molar-refractivity contribution < 1.29 is 13.7 Å². The number of rotatable bonds is 13. The van der Waals surface area contributed by atoms with Crippen molar-refractivity contribution in [2.24, 2.45) is 0 Å². The van der Waals surface area contributed by atoms with Gasteiger partial charge < -0.3 is 4.74 Å². The van der Waals surface area contributed by atoms with Crippen molar-refractivity contribution in [3.05, 3.63) is 0 Å². The molecule has 0 bridgehead atoms. The molecule has 0 aliphatic heterocycles. The van der Waals surface area contributed by atoms with Crippen molar-refractivity contribution in [2.45, 2.75) is 71.6 Å². The highest BCUT2D eigenvalue weighted by atomic mass is 32.2. The molecule has 1 atom stereocenters. The SMILES string of the molecule is CCCCCCCCS(=O)CCCCC(=O)OCC. The van der Waals surface area contributed by atoms with E-state index in [-0.39, 0.29) is 5.97 Å². The van der Waals surface area contributed by atoms with Crippen molar-refractivity contribution in [2.75, 3.05) is 18.1 Å². The molecule has 0 saturated heterocycles. The molecular formula is C15H30O3S. The Kier molecular flexibility index (Phi) is 13.8. The van der Waals surface area contributed by atoms with Gasteiger partial charge in [-0.3, -0.25) is 9.00 Å². The molecule has 0 spiro atoms. The van der Waals surface area contributed by atoms with E-state index in [9.17, 15) is 9.00 Å². The summed E-state index contributed by atoms with van der Waals surface area (Å²) >= 11 is 0. The van der Waals surface area contributed by atoms with E-state index in [0.717, 1.165) is 30.8 Å². The minimum atomic E-state index is -0.698. The van der Waals surface area contributed by atoms with Gasteiger partial charge in [-0.15, -0.1) is 0 Å². The molecule has 0 radical (unpaired) electrons. The number of hydrogen-bond donors (Lipinski definition) is 0. The fourth-order valence-corrected chi connectivity index (χ4v) is 3.17. The summed E-state index contributed by atoms with van der Waals surface area (Å²) in [5.74, 6) is 1.42. The Bertz CT molecular complexity index is 242. The molecule has 0 saturated carbocycles. The van der Waals surface area contributed by atoms with Gasteiger partial charge in [-0.05, 0) is 26.2 Å². The summed E-state index contributed by atoms with van der Waals surface area (Å²) in [5.41, 5.74) is 0. The summed E-state index contributed by atoms with van der Waals surface area (Å²) in [7, 11) is -0.698. The molecule has 114 valence electrons. The first-order chi connectivity index (χ1) is 9.20. The second-order valence-corrected chi connectivity index (χ2v) is 6.57. The number of hydrogen-bond acceptors (Lipinski definition) is 3. The third kappa shape index (κ3) is 13.8. The lowest BCUT2D eigenvalue weighted by Crippen LogP contribution is -2.06. The van der Waals surface area contributed by atoms with Gasteiger partial charge >= 0.3 is 5.97 Å². The van der Waals surface area contributed by atoms with E-state index in [4.69, 9.17) is 4.74 Å². The van der Waals surface area contributed by atoms with Crippen molar-refractivity contribution >= 4 is 16.8 Å². The van der Waals surface area contributed by atoms with Crippen molar-refractivity contribution in [1.82, 2.24) is 0 Å². The van der Waals surface area contributed by atoms with E-state index in [2.05, 4.69) is 6.92 Å². The van der Waals surface area contributed by atoms with Crippen LogP contribution in [0, 0.1) is 0 Å². The second-order valence-electron chi connectivity index (χ2n) is 4.88. The highest BCUT2D eigenvalue weighted by Gasteiger charge is 2.03. The molecule has 0 aromatic heterocycles. The van der Waals surface area contributed by atoms with Crippen molar-refractivity contribution in [1.29, 1.82) is 0 Å². The molecule has 0 rings (SSSR count). The summed E-state index contributed by atoms with van der Waals surface area (Å²) in [6.07, 6.45) is 9.56. The van der Waals surface area contributed by atoms with Crippen LogP contribution >= 0.6 is 0 Å². The lowest BCUT2D eigenvalue weighted by Gasteiger charge is -2.03. The van der Waals surface area contributed by atoms with E-state index in [1.54, 1.807) is 0 Å². The Hall–Kier alpha value is -0.380. The normalized spacial score (nSPS) is 12.3. The van der Waals surface area contributed by atoms with E-state index in [1.807, 2.05) is 6.92 Å². The predicted octanol–water partition coefficient (Wildman–Crippen LogP) is 3.83. The molecule has 3 nitrogen and oxygen atoms in total. The van der Waals surface area contributed by atoms with Crippen LogP contribution in [0.15, 0.2) is 0 Å². The van der Waals surface area contributed by atoms with Crippen molar-refractivity contribution in [3.8, 4) is 0 Å². The highest BCUT2D eigenvalue weighted by Crippen LogP contribution is 2.06. The number of carbonyl (C=O) groups is 1. The van der Waals surface area contributed by atoms with Gasteiger partial charge in [0.05, 0.1) is 6.61 Å². The molecule has 0 aliphatic carbocycles. The number of ether oxygens (including phenoxy) is 1. The number of unbranched alkanes of at least 4 members (excludes halogenated alkanes) is 6. The molecule has 0 aromatic carbocycles. The van der Waals surface area contributed by atoms with Crippen LogP contribution in [0.25, 0.3) is 0 Å². The van der Waals surface area contributed by atoms with Crippen LogP contribution in [0.3, 0.4) is 0 Å². The number of esters is 1. The van der Waals surface area contributed by atoms with Gasteiger partial charge in [-0.25, -0.2) is 0 Å². The molecule has 0 N–H and O–H groups in total. The minimum absolute atomic E-state index is 0.135. The molecule has 19 heavy (non-hydrogen) atoms. The van der Waals surface area contributed by atoms with Gasteiger partial charge in [0.2, 0.25) is 0 Å². The maximum atomic E-state index is 11.7. The van der Waals surface area contributed by atoms with Gasteiger partial charge in [0, 0.05) is 28.7 Å². The monoisotopic (exact) mass is 290 g/mol. The lowest BCUT2D eigenvalue weighted by atomic mass is 10.1. The van der Waals surface area contributed by atoms with Crippen LogP contribution in [-0.4, -0.2) is 28.3 Å². The fraction of sp³-hybridized carbons (Fsp3) is 0.933. The predicted molar refractivity (Wildman–Crippen MR) is 81.7 cm³/mol. The van der Waals surface area contributed by atoms with E-state index >= 15 is 0 Å². The molecule has 4 heteroatoms. The molecule has 0 aliphatic rings. The average Bonchev–Trinajstić information content (AvgIpc) is 2.39. The zero-order chi connectivity index (χ0) is 14.3. The highest BCUT2D eigenvalue weighted by molar-refractivity contribution is 7.84. The smallest absolute Gasteiger partial charge is 0.305 e. The topological polar surface area (TPSA) is 43.4 Å². The standard InChI is InChI=1S/C15H30O3S/c1-3-5-6-7-8-10-13-19(17)14-11-9-12-15(16)18-4-2/h3-14H2,1-2H3. The van der Waals surface area contributed by atoms with Crippen LogP contribution in [0.5, 0.6) is 0 Å². The van der Waals surface area contributed by atoms with Crippen LogP contribution in [0.2, 0.25) is 0 Å². The quantitative estimate of drug-likeness (QED) is 0.382. The van der Waals surface area contributed by atoms with Gasteiger partial charge in [0.15, 0.2) is 0 Å². The van der Waals surface area contributed by atoms with Gasteiger partial charge in [-0.2, -0.15) is 0 Å². The summed E-state index contributed by atoms with van der Waals surface area (Å²) in [6, 6.07) is 0. The fourth-order valence-electron chi connectivity index (χ4n) is 1.91. The Balaban J connectivity index is 3.28.